The third-order valence-corrected chi connectivity index (χ3v) is 3.87. The molecule has 2 aromatic rings. The molecule has 0 aromatic heterocycles. The topological polar surface area (TPSA) is 18.5 Å². The van der Waals surface area contributed by atoms with Gasteiger partial charge in [-0.15, -0.1) is 0 Å². The zero-order valence-corrected chi connectivity index (χ0v) is 14.4. The lowest BCUT2D eigenvalue weighted by Gasteiger charge is -2.17. The Morgan fingerprint density at radius 2 is 1.27 bits per heavy atom. The van der Waals surface area contributed by atoms with Crippen molar-refractivity contribution < 1.29 is 9.47 Å². The molecule has 1 radical (unpaired) electrons. The van der Waals surface area contributed by atoms with Crippen molar-refractivity contribution in [3.8, 4) is 22.6 Å². The summed E-state index contributed by atoms with van der Waals surface area (Å²) in [6, 6.07) is 13.8. The third-order valence-electron chi connectivity index (χ3n) is 3.87. The van der Waals surface area contributed by atoms with Gasteiger partial charge in [-0.2, -0.15) is 0 Å². The Balaban J connectivity index is 2.71. The normalized spacial score (nSPS) is 11.1. The van der Waals surface area contributed by atoms with Gasteiger partial charge in [-0.1, -0.05) is 33.8 Å². The number of ether oxygens (including phenoxy) is 2. The lowest BCUT2D eigenvalue weighted by atomic mass is 9.90. The first-order chi connectivity index (χ1) is 10.5. The van der Waals surface area contributed by atoms with Crippen LogP contribution in [0.4, 0.5) is 0 Å². The van der Waals surface area contributed by atoms with Gasteiger partial charge < -0.3 is 9.47 Å². The number of hydrogen-bond donors (Lipinski definition) is 0. The summed E-state index contributed by atoms with van der Waals surface area (Å²) < 4.78 is 11.1. The standard InChI is InChI=1S/C20H25O2/c1-13(2)15-10-16(14(3)4)12-17(11-15)20-18(21-5)8-7-9-19(20)22-6/h7-9,11-14H,1-6H3. The van der Waals surface area contributed by atoms with Crippen molar-refractivity contribution >= 4 is 0 Å². The van der Waals surface area contributed by atoms with E-state index in [2.05, 4.69) is 45.9 Å². The number of rotatable bonds is 5. The molecule has 0 saturated heterocycles. The molecule has 117 valence electrons. The van der Waals surface area contributed by atoms with E-state index < -0.39 is 0 Å². The quantitative estimate of drug-likeness (QED) is 0.734. The second-order valence-electron chi connectivity index (χ2n) is 6.13. The Bertz CT molecular complexity index is 594. The van der Waals surface area contributed by atoms with Crippen LogP contribution < -0.4 is 9.47 Å². The van der Waals surface area contributed by atoms with Gasteiger partial charge >= 0.3 is 0 Å². The highest BCUT2D eigenvalue weighted by atomic mass is 16.5. The fourth-order valence-corrected chi connectivity index (χ4v) is 2.52. The average Bonchev–Trinajstić information content (AvgIpc) is 2.53. The Kier molecular flexibility index (Phi) is 5.12. The molecule has 0 heterocycles. The van der Waals surface area contributed by atoms with Crippen molar-refractivity contribution in [2.45, 2.75) is 39.5 Å². The van der Waals surface area contributed by atoms with Gasteiger partial charge in [0, 0.05) is 0 Å². The van der Waals surface area contributed by atoms with Crippen molar-refractivity contribution in [2.24, 2.45) is 0 Å². The van der Waals surface area contributed by atoms with E-state index in [0.717, 1.165) is 22.6 Å². The second kappa shape index (κ2) is 6.87. The lowest BCUT2D eigenvalue weighted by molar-refractivity contribution is 0.397. The Labute approximate surface area is 134 Å². The molecule has 0 saturated carbocycles. The van der Waals surface area contributed by atoms with Gasteiger partial charge in [0.1, 0.15) is 11.5 Å². The molecule has 0 aliphatic rings. The van der Waals surface area contributed by atoms with Gasteiger partial charge in [0.05, 0.1) is 19.8 Å². The van der Waals surface area contributed by atoms with E-state index in [4.69, 9.17) is 9.47 Å². The van der Waals surface area contributed by atoms with Crippen molar-refractivity contribution in [3.05, 3.63) is 47.5 Å². The predicted octanol–water partition coefficient (Wildman–Crippen LogP) is 5.42. The van der Waals surface area contributed by atoms with E-state index >= 15 is 0 Å². The highest BCUT2D eigenvalue weighted by Crippen LogP contribution is 2.40. The van der Waals surface area contributed by atoms with E-state index in [-0.39, 0.29) is 0 Å². The minimum atomic E-state index is 0.429. The van der Waals surface area contributed by atoms with Gasteiger partial charge in [-0.05, 0) is 58.9 Å². The SMILES string of the molecule is COc1cccc(OC)c1-c1cc(C(C)C)[c]c(C(C)C)c1. The Morgan fingerprint density at radius 3 is 1.64 bits per heavy atom. The first kappa shape index (κ1) is 16.4. The molecule has 0 amide bonds. The van der Waals surface area contributed by atoms with Crippen LogP contribution in [0.15, 0.2) is 30.3 Å². The molecule has 0 spiro atoms. The molecule has 0 N–H and O–H groups in total. The maximum Gasteiger partial charge on any atom is 0.130 e. The van der Waals surface area contributed by atoms with E-state index in [1.54, 1.807) is 14.2 Å². The molecule has 0 aliphatic carbocycles. The van der Waals surface area contributed by atoms with Crippen LogP contribution in [0.5, 0.6) is 11.5 Å². The molecule has 2 heteroatoms. The van der Waals surface area contributed by atoms with Crippen molar-refractivity contribution in [3.63, 3.8) is 0 Å². The maximum absolute atomic E-state index is 5.55. The number of methoxy groups -OCH3 is 2. The van der Waals surface area contributed by atoms with E-state index in [1.165, 1.54) is 11.1 Å². The predicted molar refractivity (Wildman–Crippen MR) is 92.0 cm³/mol. The first-order valence-corrected chi connectivity index (χ1v) is 7.76. The monoisotopic (exact) mass is 297 g/mol. The second-order valence-corrected chi connectivity index (χ2v) is 6.13. The average molecular weight is 297 g/mol. The highest BCUT2D eigenvalue weighted by Gasteiger charge is 2.15. The Morgan fingerprint density at radius 1 is 0.818 bits per heavy atom. The van der Waals surface area contributed by atoms with Gasteiger partial charge in [-0.25, -0.2) is 0 Å². The zero-order valence-electron chi connectivity index (χ0n) is 14.4. The number of benzene rings is 2. The largest absolute Gasteiger partial charge is 0.496 e. The molecule has 0 fully saturated rings. The van der Waals surface area contributed by atoms with Crippen LogP contribution in [0.3, 0.4) is 0 Å². The summed E-state index contributed by atoms with van der Waals surface area (Å²) in [5, 5.41) is 0. The van der Waals surface area contributed by atoms with Crippen LogP contribution in [0.2, 0.25) is 0 Å². The molecule has 22 heavy (non-hydrogen) atoms. The summed E-state index contributed by atoms with van der Waals surface area (Å²) in [5.74, 6) is 2.52. The summed E-state index contributed by atoms with van der Waals surface area (Å²) in [5.41, 5.74) is 4.56. The minimum absolute atomic E-state index is 0.429. The summed E-state index contributed by atoms with van der Waals surface area (Å²) in [7, 11) is 3.39. The van der Waals surface area contributed by atoms with E-state index in [1.807, 2.05) is 18.2 Å². The van der Waals surface area contributed by atoms with Gasteiger partial charge in [-0.3, -0.25) is 0 Å². The van der Waals surface area contributed by atoms with Crippen molar-refractivity contribution in [1.29, 1.82) is 0 Å². The minimum Gasteiger partial charge on any atom is -0.496 e. The molecule has 0 aliphatic heterocycles. The zero-order chi connectivity index (χ0) is 16.3. The van der Waals surface area contributed by atoms with Crippen LogP contribution in [0.25, 0.3) is 11.1 Å². The third kappa shape index (κ3) is 3.27. The summed E-state index contributed by atoms with van der Waals surface area (Å²) in [6.07, 6.45) is 0. The van der Waals surface area contributed by atoms with Crippen LogP contribution in [0.1, 0.15) is 50.7 Å². The van der Waals surface area contributed by atoms with Gasteiger partial charge in [0.25, 0.3) is 0 Å². The molecule has 0 atom stereocenters. The van der Waals surface area contributed by atoms with Crippen LogP contribution in [-0.4, -0.2) is 14.2 Å². The van der Waals surface area contributed by atoms with Gasteiger partial charge in [0.2, 0.25) is 0 Å². The van der Waals surface area contributed by atoms with Crippen molar-refractivity contribution in [1.82, 2.24) is 0 Å². The molecule has 2 rings (SSSR count). The molecule has 2 nitrogen and oxygen atoms in total. The molecule has 0 bridgehead atoms. The summed E-state index contributed by atoms with van der Waals surface area (Å²) >= 11 is 0. The smallest absolute Gasteiger partial charge is 0.130 e. The van der Waals surface area contributed by atoms with Crippen molar-refractivity contribution in [2.75, 3.05) is 14.2 Å². The molecule has 0 unspecified atom stereocenters. The molecular weight excluding hydrogens is 272 g/mol. The molecular formula is C20H25O2. The van der Waals surface area contributed by atoms with E-state index in [9.17, 15) is 0 Å². The highest BCUT2D eigenvalue weighted by molar-refractivity contribution is 5.78. The first-order valence-electron chi connectivity index (χ1n) is 7.76. The van der Waals surface area contributed by atoms with Crippen LogP contribution in [0, 0.1) is 6.07 Å². The summed E-state index contributed by atoms with van der Waals surface area (Å²) in [4.78, 5) is 0. The lowest BCUT2D eigenvalue weighted by Crippen LogP contribution is -1.98. The molecule has 2 aromatic carbocycles. The number of hydrogen-bond acceptors (Lipinski definition) is 2. The van der Waals surface area contributed by atoms with Crippen LogP contribution in [-0.2, 0) is 0 Å². The fraction of sp³-hybridized carbons (Fsp3) is 0.400. The van der Waals surface area contributed by atoms with Crippen LogP contribution >= 0.6 is 0 Å². The summed E-state index contributed by atoms with van der Waals surface area (Å²) in [6.45, 7) is 8.77. The fourth-order valence-electron chi connectivity index (χ4n) is 2.52. The maximum atomic E-state index is 5.55. The Hall–Kier alpha value is -1.96. The van der Waals surface area contributed by atoms with Gasteiger partial charge in [0.15, 0.2) is 0 Å². The van der Waals surface area contributed by atoms with E-state index in [0.29, 0.717) is 11.8 Å².